The van der Waals surface area contributed by atoms with E-state index in [0.717, 1.165) is 25.7 Å². The molecule has 2 bridgehead atoms. The summed E-state index contributed by atoms with van der Waals surface area (Å²) in [5.41, 5.74) is -1.53. The van der Waals surface area contributed by atoms with Gasteiger partial charge >= 0.3 is 6.09 Å². The minimum atomic E-state index is -0.880. The molecule has 164 valence electrons. The highest BCUT2D eigenvalue weighted by Crippen LogP contribution is 2.27. The third-order valence-electron chi connectivity index (χ3n) is 5.75. The lowest BCUT2D eigenvalue weighted by Crippen LogP contribution is -2.75. The molecule has 0 spiro atoms. The predicted molar refractivity (Wildman–Crippen MR) is 113 cm³/mol. The van der Waals surface area contributed by atoms with E-state index < -0.39 is 17.2 Å². The molecular weight excluding hydrogens is 370 g/mol. The molecule has 0 unspecified atom stereocenters. The smallest absolute Gasteiger partial charge is 0.410 e. The normalized spacial score (nSPS) is 29.7. The van der Waals surface area contributed by atoms with Gasteiger partial charge in [-0.15, -0.1) is 0 Å². The number of hydrogen-bond donors (Lipinski definition) is 2. The molecule has 1 atom stereocenters. The first-order valence-corrected chi connectivity index (χ1v) is 10.8. The molecule has 3 rings (SSSR count). The molecule has 0 saturated carbocycles. The van der Waals surface area contributed by atoms with Crippen molar-refractivity contribution < 1.29 is 19.1 Å². The summed E-state index contributed by atoms with van der Waals surface area (Å²) >= 11 is 0. The highest BCUT2D eigenvalue weighted by atomic mass is 16.6. The van der Waals surface area contributed by atoms with Gasteiger partial charge in [-0.05, 0) is 40.0 Å². The molecule has 7 nitrogen and oxygen atoms in total. The Balaban J connectivity index is 2.21. The van der Waals surface area contributed by atoms with Gasteiger partial charge in [0.1, 0.15) is 12.1 Å². The molecule has 3 heterocycles. The van der Waals surface area contributed by atoms with Gasteiger partial charge in [0.05, 0.1) is 25.2 Å². The summed E-state index contributed by atoms with van der Waals surface area (Å²) in [4.78, 5) is 39.8. The third-order valence-corrected chi connectivity index (χ3v) is 5.75. The molecule has 0 aromatic heterocycles. The van der Waals surface area contributed by atoms with Crippen LogP contribution in [0, 0.1) is 5.92 Å². The summed E-state index contributed by atoms with van der Waals surface area (Å²) in [6.45, 7) is 10.5. The number of carbonyl (C=O) groups is 3. The zero-order valence-electron chi connectivity index (χ0n) is 18.5. The van der Waals surface area contributed by atoms with E-state index in [1.54, 1.807) is 0 Å². The van der Waals surface area contributed by atoms with Gasteiger partial charge in [0, 0.05) is 12.0 Å². The average molecular weight is 408 g/mol. The highest BCUT2D eigenvalue weighted by molar-refractivity contribution is 5.95. The molecule has 1 amide bonds. The van der Waals surface area contributed by atoms with Gasteiger partial charge in [-0.2, -0.15) is 0 Å². The van der Waals surface area contributed by atoms with Crippen molar-refractivity contribution in [2.75, 3.05) is 26.2 Å². The zero-order chi connectivity index (χ0) is 21.7. The highest BCUT2D eigenvalue weighted by Gasteiger charge is 2.52. The van der Waals surface area contributed by atoms with E-state index in [9.17, 15) is 14.4 Å². The Morgan fingerprint density at radius 1 is 1.17 bits per heavy atom. The monoisotopic (exact) mass is 407 g/mol. The molecule has 1 fully saturated rings. The van der Waals surface area contributed by atoms with Crippen LogP contribution in [-0.2, 0) is 14.3 Å². The van der Waals surface area contributed by atoms with Crippen LogP contribution in [0.25, 0.3) is 0 Å². The lowest BCUT2D eigenvalue weighted by atomic mass is 9.80. The molecule has 2 N–H and O–H groups in total. The quantitative estimate of drug-likeness (QED) is 0.696. The Bertz CT molecular complexity index is 638. The number of rotatable bonds is 4. The topological polar surface area (TPSA) is 87.7 Å². The number of nitrogens with one attached hydrogen (secondary N) is 2. The van der Waals surface area contributed by atoms with Crippen molar-refractivity contribution in [1.29, 1.82) is 0 Å². The van der Waals surface area contributed by atoms with Crippen LogP contribution in [0.5, 0.6) is 0 Å². The van der Waals surface area contributed by atoms with Gasteiger partial charge in [0.15, 0.2) is 11.6 Å². The van der Waals surface area contributed by atoms with Crippen LogP contribution >= 0.6 is 0 Å². The maximum atomic E-state index is 13.2. The fourth-order valence-corrected chi connectivity index (χ4v) is 4.15. The summed E-state index contributed by atoms with van der Waals surface area (Å²) in [6, 6.07) is 0.176. The molecule has 0 aromatic carbocycles. The second-order valence-electron chi connectivity index (χ2n) is 9.16. The summed E-state index contributed by atoms with van der Waals surface area (Å²) in [5.74, 6) is -0.121. The Kier molecular flexibility index (Phi) is 8.00. The SMILES string of the molecule is CC(C)N[C@]1(C)CCCCC=CCOC(=O)N2CC(C(=O)C(C)C)(C2)NCC1=O. The average Bonchev–Trinajstić information content (AvgIpc) is 2.60. The first kappa shape index (κ1) is 23.5. The molecule has 0 aliphatic carbocycles. The third kappa shape index (κ3) is 5.89. The summed E-state index contributed by atoms with van der Waals surface area (Å²) < 4.78 is 5.26. The van der Waals surface area contributed by atoms with Gasteiger partial charge < -0.3 is 15.0 Å². The fourth-order valence-electron chi connectivity index (χ4n) is 4.15. The van der Waals surface area contributed by atoms with Crippen LogP contribution in [0.3, 0.4) is 0 Å². The molecule has 0 aromatic rings. The molecule has 7 heteroatoms. The van der Waals surface area contributed by atoms with E-state index in [2.05, 4.69) is 10.6 Å². The first-order chi connectivity index (χ1) is 13.6. The second-order valence-corrected chi connectivity index (χ2v) is 9.16. The maximum absolute atomic E-state index is 13.2. The molecular formula is C22H37N3O4. The number of ketones is 2. The van der Waals surface area contributed by atoms with Gasteiger partial charge in [-0.25, -0.2) is 4.79 Å². The van der Waals surface area contributed by atoms with Gasteiger partial charge in [0.2, 0.25) is 0 Å². The standard InChI is InChI=1S/C22H37N3O4/c1-16(2)19(27)22-14-25(15-22)20(28)29-12-10-8-6-7-9-11-21(5,24-17(3)4)18(26)13-23-22/h8,10,16-17,23-24H,6-7,9,11-15H2,1-5H3/t21-/m1/s1. The number of hydrogen-bond acceptors (Lipinski definition) is 6. The van der Waals surface area contributed by atoms with Crippen molar-refractivity contribution in [3.8, 4) is 0 Å². The Labute approximate surface area is 174 Å². The molecule has 3 aliphatic heterocycles. The molecule has 3 aliphatic rings. The van der Waals surface area contributed by atoms with E-state index in [4.69, 9.17) is 4.74 Å². The first-order valence-electron chi connectivity index (χ1n) is 10.8. The molecule has 29 heavy (non-hydrogen) atoms. The lowest BCUT2D eigenvalue weighted by molar-refractivity contribution is -0.136. The van der Waals surface area contributed by atoms with Crippen LogP contribution < -0.4 is 10.6 Å². The van der Waals surface area contributed by atoms with Crippen LogP contribution in [0.1, 0.15) is 60.3 Å². The number of allylic oxidation sites excluding steroid dienone is 1. The Morgan fingerprint density at radius 2 is 1.86 bits per heavy atom. The largest absolute Gasteiger partial charge is 0.445 e. The zero-order valence-corrected chi connectivity index (χ0v) is 18.5. The number of carbonyl (C=O) groups excluding carboxylic acids is 3. The number of amides is 1. The van der Waals surface area contributed by atoms with Gasteiger partial charge in [-0.3, -0.25) is 14.9 Å². The van der Waals surface area contributed by atoms with E-state index >= 15 is 0 Å². The number of ether oxygens (including phenoxy) is 1. The lowest BCUT2D eigenvalue weighted by Gasteiger charge is -2.49. The minimum Gasteiger partial charge on any atom is -0.445 e. The number of fused-ring (bicyclic) bond motifs is 11. The Morgan fingerprint density at radius 3 is 2.48 bits per heavy atom. The second kappa shape index (κ2) is 9.85. The van der Waals surface area contributed by atoms with Crippen molar-refractivity contribution in [3.63, 3.8) is 0 Å². The van der Waals surface area contributed by atoms with E-state index in [-0.39, 0.29) is 49.8 Å². The van der Waals surface area contributed by atoms with Crippen molar-refractivity contribution in [1.82, 2.24) is 15.5 Å². The number of Topliss-reactive ketones (excluding diaryl/α,β-unsaturated/α-hetero) is 2. The van der Waals surface area contributed by atoms with E-state index in [0.29, 0.717) is 0 Å². The molecule has 0 radical (unpaired) electrons. The summed E-state index contributed by atoms with van der Waals surface area (Å²) in [6.07, 6.45) is 6.94. The van der Waals surface area contributed by atoms with Crippen molar-refractivity contribution >= 4 is 17.7 Å². The van der Waals surface area contributed by atoms with E-state index in [1.165, 1.54) is 4.90 Å². The van der Waals surface area contributed by atoms with Crippen LogP contribution in [0.2, 0.25) is 0 Å². The predicted octanol–water partition coefficient (Wildman–Crippen LogP) is 2.45. The van der Waals surface area contributed by atoms with Gasteiger partial charge in [-0.1, -0.05) is 32.4 Å². The number of nitrogens with zero attached hydrogens (tertiary/aromatic N) is 1. The minimum absolute atomic E-state index is 0.0221. The van der Waals surface area contributed by atoms with Crippen molar-refractivity contribution in [2.45, 2.75) is 77.4 Å². The summed E-state index contributed by atoms with van der Waals surface area (Å²) in [7, 11) is 0. The van der Waals surface area contributed by atoms with Crippen molar-refractivity contribution in [2.24, 2.45) is 5.92 Å². The van der Waals surface area contributed by atoms with Crippen LogP contribution in [0.4, 0.5) is 4.79 Å². The Hall–Kier alpha value is -1.73. The molecule has 1 saturated heterocycles. The summed E-state index contributed by atoms with van der Waals surface area (Å²) in [5, 5.41) is 6.65. The maximum Gasteiger partial charge on any atom is 0.410 e. The van der Waals surface area contributed by atoms with E-state index in [1.807, 2.05) is 46.8 Å². The van der Waals surface area contributed by atoms with Crippen LogP contribution in [-0.4, -0.2) is 65.9 Å². The van der Waals surface area contributed by atoms with Gasteiger partial charge in [0.25, 0.3) is 0 Å². The fraction of sp³-hybridized carbons (Fsp3) is 0.773. The van der Waals surface area contributed by atoms with Crippen LogP contribution in [0.15, 0.2) is 12.2 Å². The van der Waals surface area contributed by atoms with Crippen molar-refractivity contribution in [3.05, 3.63) is 12.2 Å².